The van der Waals surface area contributed by atoms with Gasteiger partial charge >= 0.3 is 5.97 Å². The van der Waals surface area contributed by atoms with E-state index in [0.29, 0.717) is 13.0 Å². The van der Waals surface area contributed by atoms with Gasteiger partial charge in [0.15, 0.2) is 0 Å². The summed E-state index contributed by atoms with van der Waals surface area (Å²) in [6.07, 6.45) is 0.457. The van der Waals surface area contributed by atoms with Crippen molar-refractivity contribution in [3.63, 3.8) is 0 Å². The first-order chi connectivity index (χ1) is 9.54. The molecule has 1 aliphatic heterocycles. The van der Waals surface area contributed by atoms with Gasteiger partial charge in [0.1, 0.15) is 0 Å². The molecule has 1 amide bonds. The van der Waals surface area contributed by atoms with Crippen LogP contribution < -0.4 is 4.90 Å². The topological polar surface area (TPSA) is 57.6 Å². The molecule has 2 aromatic carbocycles. The SMILES string of the molecule is O=C(O)c1ccc2cc(N3CC(S)CC3=O)ccc2c1. The molecule has 20 heavy (non-hydrogen) atoms. The maximum atomic E-state index is 11.9. The lowest BCUT2D eigenvalue weighted by atomic mass is 10.1. The molecule has 0 bridgehead atoms. The van der Waals surface area contributed by atoms with E-state index in [-0.39, 0.29) is 16.7 Å². The average molecular weight is 287 g/mol. The van der Waals surface area contributed by atoms with Gasteiger partial charge in [0.2, 0.25) is 5.91 Å². The molecule has 1 saturated heterocycles. The van der Waals surface area contributed by atoms with Crippen molar-refractivity contribution >= 4 is 41.0 Å². The first kappa shape index (κ1) is 13.0. The third-order valence-corrected chi connectivity index (χ3v) is 3.83. The minimum atomic E-state index is -0.941. The van der Waals surface area contributed by atoms with Crippen molar-refractivity contribution in [1.29, 1.82) is 0 Å². The van der Waals surface area contributed by atoms with Crippen LogP contribution in [0.1, 0.15) is 16.8 Å². The van der Waals surface area contributed by atoms with Crippen LogP contribution in [0.4, 0.5) is 5.69 Å². The Balaban J connectivity index is 2.01. The van der Waals surface area contributed by atoms with E-state index < -0.39 is 5.97 Å². The minimum Gasteiger partial charge on any atom is -0.478 e. The summed E-state index contributed by atoms with van der Waals surface area (Å²) in [5, 5.41) is 10.8. The van der Waals surface area contributed by atoms with Crippen LogP contribution in [0, 0.1) is 0 Å². The average Bonchev–Trinajstić information content (AvgIpc) is 2.76. The first-order valence-electron chi connectivity index (χ1n) is 6.30. The second-order valence-electron chi connectivity index (χ2n) is 4.91. The van der Waals surface area contributed by atoms with E-state index in [1.807, 2.05) is 18.2 Å². The monoisotopic (exact) mass is 287 g/mol. The highest BCUT2D eigenvalue weighted by atomic mass is 32.1. The number of carbonyl (C=O) groups is 2. The highest BCUT2D eigenvalue weighted by molar-refractivity contribution is 7.81. The molecule has 2 aromatic rings. The van der Waals surface area contributed by atoms with E-state index in [4.69, 9.17) is 5.11 Å². The number of carboxylic acids is 1. The standard InChI is InChI=1S/C15H13NO3S/c17-14-7-13(20)8-16(14)12-4-3-9-5-11(15(18)19)2-1-10(9)6-12/h1-6,13,20H,7-8H2,(H,18,19). The first-order valence-corrected chi connectivity index (χ1v) is 6.82. The van der Waals surface area contributed by atoms with Gasteiger partial charge in [0.05, 0.1) is 5.56 Å². The highest BCUT2D eigenvalue weighted by Gasteiger charge is 2.28. The molecule has 0 aromatic heterocycles. The Morgan fingerprint density at radius 2 is 1.90 bits per heavy atom. The van der Waals surface area contributed by atoms with Gasteiger partial charge in [-0.3, -0.25) is 4.79 Å². The molecular formula is C15H13NO3S. The number of carbonyl (C=O) groups excluding carboxylic acids is 1. The van der Waals surface area contributed by atoms with Gasteiger partial charge < -0.3 is 10.0 Å². The van der Waals surface area contributed by atoms with Crippen molar-refractivity contribution in [3.05, 3.63) is 42.0 Å². The fraction of sp³-hybridized carbons (Fsp3) is 0.200. The van der Waals surface area contributed by atoms with Crippen molar-refractivity contribution in [3.8, 4) is 0 Å². The quantitative estimate of drug-likeness (QED) is 0.835. The Hall–Kier alpha value is -2.01. The molecule has 3 rings (SSSR count). The van der Waals surface area contributed by atoms with Crippen molar-refractivity contribution in [2.75, 3.05) is 11.4 Å². The zero-order chi connectivity index (χ0) is 14.3. The summed E-state index contributed by atoms with van der Waals surface area (Å²) in [7, 11) is 0. The molecule has 1 N–H and O–H groups in total. The van der Waals surface area contributed by atoms with E-state index >= 15 is 0 Å². The van der Waals surface area contributed by atoms with Gasteiger partial charge in [-0.15, -0.1) is 0 Å². The molecule has 0 radical (unpaired) electrons. The second-order valence-corrected chi connectivity index (χ2v) is 5.64. The molecule has 0 saturated carbocycles. The van der Waals surface area contributed by atoms with Crippen LogP contribution in [0.25, 0.3) is 10.8 Å². The molecule has 0 spiro atoms. The Labute approximate surface area is 121 Å². The number of aromatic carboxylic acids is 1. The third-order valence-electron chi connectivity index (χ3n) is 3.49. The summed E-state index contributed by atoms with van der Waals surface area (Å²) in [6, 6.07) is 10.6. The predicted molar refractivity (Wildman–Crippen MR) is 80.7 cm³/mol. The molecule has 1 aliphatic rings. The van der Waals surface area contributed by atoms with E-state index in [0.717, 1.165) is 16.5 Å². The zero-order valence-corrected chi connectivity index (χ0v) is 11.5. The van der Waals surface area contributed by atoms with Crippen molar-refractivity contribution in [1.82, 2.24) is 0 Å². The van der Waals surface area contributed by atoms with Gasteiger partial charge in [-0.1, -0.05) is 12.1 Å². The summed E-state index contributed by atoms with van der Waals surface area (Å²) < 4.78 is 0. The molecule has 1 heterocycles. The number of benzene rings is 2. The van der Waals surface area contributed by atoms with Crippen molar-refractivity contribution < 1.29 is 14.7 Å². The van der Waals surface area contributed by atoms with Crippen LogP contribution in [0.15, 0.2) is 36.4 Å². The molecule has 4 nitrogen and oxygen atoms in total. The van der Waals surface area contributed by atoms with Gasteiger partial charge in [0.25, 0.3) is 0 Å². The normalized spacial score (nSPS) is 18.8. The molecule has 1 fully saturated rings. The van der Waals surface area contributed by atoms with E-state index in [1.54, 1.807) is 23.1 Å². The van der Waals surface area contributed by atoms with Crippen LogP contribution in [0.3, 0.4) is 0 Å². The number of fused-ring (bicyclic) bond motifs is 1. The number of hydrogen-bond donors (Lipinski definition) is 2. The van der Waals surface area contributed by atoms with E-state index in [1.165, 1.54) is 0 Å². The molecule has 1 atom stereocenters. The molecule has 5 heteroatoms. The largest absolute Gasteiger partial charge is 0.478 e. The van der Waals surface area contributed by atoms with E-state index in [2.05, 4.69) is 12.6 Å². The van der Waals surface area contributed by atoms with Crippen LogP contribution in [0.5, 0.6) is 0 Å². The van der Waals surface area contributed by atoms with Crippen molar-refractivity contribution in [2.24, 2.45) is 0 Å². The molecule has 102 valence electrons. The molecule has 0 aliphatic carbocycles. The lowest BCUT2D eigenvalue weighted by molar-refractivity contribution is -0.117. The Morgan fingerprint density at radius 1 is 1.20 bits per heavy atom. The lowest BCUT2D eigenvalue weighted by Gasteiger charge is -2.16. The van der Waals surface area contributed by atoms with Crippen LogP contribution in [0.2, 0.25) is 0 Å². The van der Waals surface area contributed by atoms with Gasteiger partial charge in [0, 0.05) is 23.9 Å². The van der Waals surface area contributed by atoms with Gasteiger partial charge in [-0.2, -0.15) is 12.6 Å². The Bertz CT molecular complexity index is 713. The summed E-state index contributed by atoms with van der Waals surface area (Å²) in [4.78, 5) is 24.5. The Kier molecular flexibility index (Phi) is 3.14. The number of rotatable bonds is 2. The van der Waals surface area contributed by atoms with Crippen LogP contribution in [-0.2, 0) is 4.79 Å². The number of hydrogen-bond acceptors (Lipinski definition) is 3. The molecular weight excluding hydrogens is 274 g/mol. The highest BCUT2D eigenvalue weighted by Crippen LogP contribution is 2.27. The zero-order valence-electron chi connectivity index (χ0n) is 10.6. The van der Waals surface area contributed by atoms with Gasteiger partial charge in [-0.05, 0) is 35.0 Å². The van der Waals surface area contributed by atoms with Gasteiger partial charge in [-0.25, -0.2) is 4.79 Å². The number of anilines is 1. The predicted octanol–water partition coefficient (Wildman–Crippen LogP) is 2.57. The summed E-state index contributed by atoms with van der Waals surface area (Å²) in [5.74, 6) is -0.866. The fourth-order valence-corrected chi connectivity index (χ4v) is 2.79. The Morgan fingerprint density at radius 3 is 2.55 bits per heavy atom. The number of carboxylic acid groups (broad SMARTS) is 1. The maximum absolute atomic E-state index is 11.9. The van der Waals surface area contributed by atoms with Crippen LogP contribution in [-0.4, -0.2) is 28.8 Å². The lowest BCUT2D eigenvalue weighted by Crippen LogP contribution is -2.24. The third kappa shape index (κ3) is 2.25. The second kappa shape index (κ2) is 4.83. The number of amides is 1. The summed E-state index contributed by atoms with van der Waals surface area (Å²) >= 11 is 4.34. The number of thiol groups is 1. The van der Waals surface area contributed by atoms with Crippen LogP contribution >= 0.6 is 12.6 Å². The number of nitrogens with zero attached hydrogens (tertiary/aromatic N) is 1. The summed E-state index contributed by atoms with van der Waals surface area (Å²) in [6.45, 7) is 0.612. The van der Waals surface area contributed by atoms with E-state index in [9.17, 15) is 9.59 Å². The summed E-state index contributed by atoms with van der Waals surface area (Å²) in [5.41, 5.74) is 1.10. The fourth-order valence-electron chi connectivity index (χ4n) is 2.47. The smallest absolute Gasteiger partial charge is 0.335 e. The van der Waals surface area contributed by atoms with Crippen molar-refractivity contribution in [2.45, 2.75) is 11.7 Å². The maximum Gasteiger partial charge on any atom is 0.335 e. The molecule has 1 unspecified atom stereocenters. The minimum absolute atomic E-state index is 0.0755.